The van der Waals surface area contributed by atoms with Crippen LogP contribution in [0.2, 0.25) is 0 Å². The van der Waals surface area contributed by atoms with Crippen molar-refractivity contribution in [2.24, 2.45) is 5.73 Å². The maximum absolute atomic E-state index is 12.3. The highest BCUT2D eigenvalue weighted by molar-refractivity contribution is 5.75. The molecule has 1 amide bonds. The third-order valence-corrected chi connectivity index (χ3v) is 3.66. The zero-order valence-corrected chi connectivity index (χ0v) is 12.6. The van der Waals surface area contributed by atoms with E-state index in [4.69, 9.17) is 10.5 Å². The van der Waals surface area contributed by atoms with Crippen LogP contribution in [0.1, 0.15) is 12.8 Å². The number of para-hydroxylation sites is 2. The summed E-state index contributed by atoms with van der Waals surface area (Å²) in [5.41, 5.74) is 5.75. The van der Waals surface area contributed by atoms with E-state index < -0.39 is 18.7 Å². The molecule has 2 rings (SSSR count). The topological polar surface area (TPSA) is 67.6 Å². The molecule has 1 aromatic carbocycles. The number of anilines is 1. The Labute approximate surface area is 132 Å². The SMILES string of the molecule is NC(=O)CNC1CCN(c2ccccc2OCC(F)(F)F)CC1. The average molecular weight is 331 g/mol. The molecule has 23 heavy (non-hydrogen) atoms. The molecule has 0 atom stereocenters. The summed E-state index contributed by atoms with van der Waals surface area (Å²) in [4.78, 5) is 12.8. The van der Waals surface area contributed by atoms with Gasteiger partial charge < -0.3 is 20.7 Å². The second-order valence-electron chi connectivity index (χ2n) is 5.48. The molecule has 1 fully saturated rings. The van der Waals surface area contributed by atoms with Crippen molar-refractivity contribution in [3.8, 4) is 5.75 Å². The number of hydrogen-bond acceptors (Lipinski definition) is 4. The summed E-state index contributed by atoms with van der Waals surface area (Å²) < 4.78 is 41.9. The largest absolute Gasteiger partial charge is 0.482 e. The minimum absolute atomic E-state index is 0.135. The van der Waals surface area contributed by atoms with E-state index in [9.17, 15) is 18.0 Å². The Hall–Kier alpha value is -1.96. The lowest BCUT2D eigenvalue weighted by Crippen LogP contribution is -2.45. The number of alkyl halides is 3. The van der Waals surface area contributed by atoms with Crippen LogP contribution >= 0.6 is 0 Å². The first-order chi connectivity index (χ1) is 10.8. The van der Waals surface area contributed by atoms with Gasteiger partial charge in [0.05, 0.1) is 12.2 Å². The predicted octanol–water partition coefficient (Wildman–Crippen LogP) is 1.67. The number of halogens is 3. The van der Waals surface area contributed by atoms with Crippen molar-refractivity contribution in [3.63, 3.8) is 0 Å². The van der Waals surface area contributed by atoms with Crippen LogP contribution in [0.15, 0.2) is 24.3 Å². The monoisotopic (exact) mass is 331 g/mol. The number of carbonyl (C=O) groups excluding carboxylic acids is 1. The van der Waals surface area contributed by atoms with Gasteiger partial charge in [-0.05, 0) is 25.0 Å². The van der Waals surface area contributed by atoms with Gasteiger partial charge in [-0.25, -0.2) is 0 Å². The van der Waals surface area contributed by atoms with E-state index in [0.717, 1.165) is 12.8 Å². The lowest BCUT2D eigenvalue weighted by molar-refractivity contribution is -0.153. The van der Waals surface area contributed by atoms with Crippen LogP contribution in [0.25, 0.3) is 0 Å². The van der Waals surface area contributed by atoms with Gasteiger partial charge in [-0.1, -0.05) is 12.1 Å². The van der Waals surface area contributed by atoms with Crippen LogP contribution in [-0.4, -0.2) is 44.4 Å². The number of ether oxygens (including phenoxy) is 1. The average Bonchev–Trinajstić information content (AvgIpc) is 2.51. The fraction of sp³-hybridized carbons (Fsp3) is 0.533. The lowest BCUT2D eigenvalue weighted by Gasteiger charge is -2.34. The van der Waals surface area contributed by atoms with E-state index in [2.05, 4.69) is 5.32 Å². The number of carbonyl (C=O) groups is 1. The number of hydrogen-bond donors (Lipinski definition) is 2. The van der Waals surface area contributed by atoms with Crippen LogP contribution < -0.4 is 20.7 Å². The molecule has 0 radical (unpaired) electrons. The second kappa shape index (κ2) is 7.54. The third kappa shape index (κ3) is 5.63. The van der Waals surface area contributed by atoms with Crippen molar-refractivity contribution in [1.82, 2.24) is 5.32 Å². The summed E-state index contributed by atoms with van der Waals surface area (Å²) in [6.45, 7) is 0.169. The lowest BCUT2D eigenvalue weighted by atomic mass is 10.0. The second-order valence-corrected chi connectivity index (χ2v) is 5.48. The quantitative estimate of drug-likeness (QED) is 0.832. The Balaban J connectivity index is 1.94. The molecule has 1 saturated heterocycles. The van der Waals surface area contributed by atoms with E-state index in [1.54, 1.807) is 24.3 Å². The number of piperidine rings is 1. The minimum Gasteiger partial charge on any atom is -0.482 e. The van der Waals surface area contributed by atoms with E-state index in [-0.39, 0.29) is 18.3 Å². The first-order valence-corrected chi connectivity index (χ1v) is 7.40. The van der Waals surface area contributed by atoms with E-state index in [1.807, 2.05) is 4.90 Å². The molecular formula is C15H20F3N3O2. The molecule has 0 bridgehead atoms. The number of benzene rings is 1. The van der Waals surface area contributed by atoms with E-state index >= 15 is 0 Å². The number of amides is 1. The van der Waals surface area contributed by atoms with Gasteiger partial charge in [-0.3, -0.25) is 4.79 Å². The molecule has 1 aliphatic rings. The van der Waals surface area contributed by atoms with Crippen LogP contribution in [0, 0.1) is 0 Å². The smallest absolute Gasteiger partial charge is 0.422 e. The summed E-state index contributed by atoms with van der Waals surface area (Å²) in [7, 11) is 0. The van der Waals surface area contributed by atoms with Gasteiger partial charge >= 0.3 is 6.18 Å². The molecule has 1 aromatic rings. The van der Waals surface area contributed by atoms with E-state index in [1.165, 1.54) is 0 Å². The van der Waals surface area contributed by atoms with Crippen LogP contribution in [-0.2, 0) is 4.79 Å². The number of nitrogens with zero attached hydrogens (tertiary/aromatic N) is 1. The fourth-order valence-corrected chi connectivity index (χ4v) is 2.57. The maximum atomic E-state index is 12.3. The first-order valence-electron chi connectivity index (χ1n) is 7.40. The number of rotatable bonds is 6. The van der Waals surface area contributed by atoms with Crippen molar-refractivity contribution >= 4 is 11.6 Å². The molecule has 0 saturated carbocycles. The van der Waals surface area contributed by atoms with Gasteiger partial charge in [0.2, 0.25) is 5.91 Å². The van der Waals surface area contributed by atoms with Crippen LogP contribution in [0.5, 0.6) is 5.75 Å². The molecule has 1 heterocycles. The summed E-state index contributed by atoms with van der Waals surface area (Å²) in [5.74, 6) is -0.174. The number of nitrogens with two attached hydrogens (primary N) is 1. The van der Waals surface area contributed by atoms with E-state index in [0.29, 0.717) is 18.8 Å². The van der Waals surface area contributed by atoms with Crippen molar-refractivity contribution in [2.45, 2.75) is 25.1 Å². The van der Waals surface area contributed by atoms with Gasteiger partial charge in [0, 0.05) is 19.1 Å². The molecular weight excluding hydrogens is 311 g/mol. The molecule has 128 valence electrons. The molecule has 5 nitrogen and oxygen atoms in total. The Morgan fingerprint density at radius 1 is 1.30 bits per heavy atom. The van der Waals surface area contributed by atoms with Crippen LogP contribution in [0.4, 0.5) is 18.9 Å². The summed E-state index contributed by atoms with van der Waals surface area (Å²) in [6.07, 6.45) is -2.81. The van der Waals surface area contributed by atoms with Crippen molar-refractivity contribution in [2.75, 3.05) is 31.1 Å². The minimum atomic E-state index is -4.36. The van der Waals surface area contributed by atoms with Crippen molar-refractivity contribution in [1.29, 1.82) is 0 Å². The maximum Gasteiger partial charge on any atom is 0.422 e. The molecule has 3 N–H and O–H groups in total. The predicted molar refractivity (Wildman–Crippen MR) is 80.4 cm³/mol. The molecule has 0 unspecified atom stereocenters. The third-order valence-electron chi connectivity index (χ3n) is 3.66. The number of primary amides is 1. The zero-order chi connectivity index (χ0) is 16.9. The molecule has 1 aliphatic heterocycles. The zero-order valence-electron chi connectivity index (χ0n) is 12.6. The van der Waals surface area contributed by atoms with Gasteiger partial charge in [-0.2, -0.15) is 13.2 Å². The Bertz CT molecular complexity index is 529. The highest BCUT2D eigenvalue weighted by atomic mass is 19.4. The molecule has 0 spiro atoms. The number of nitrogens with one attached hydrogen (secondary N) is 1. The summed E-state index contributed by atoms with van der Waals surface area (Å²) >= 11 is 0. The Morgan fingerprint density at radius 3 is 2.57 bits per heavy atom. The normalized spacial score (nSPS) is 16.4. The summed E-state index contributed by atoms with van der Waals surface area (Å²) in [6, 6.07) is 6.90. The van der Waals surface area contributed by atoms with Gasteiger partial charge in [-0.15, -0.1) is 0 Å². The molecule has 0 aliphatic carbocycles. The van der Waals surface area contributed by atoms with Gasteiger partial charge in [0.15, 0.2) is 6.61 Å². The van der Waals surface area contributed by atoms with Crippen molar-refractivity contribution < 1.29 is 22.7 Å². The van der Waals surface area contributed by atoms with Crippen LogP contribution in [0.3, 0.4) is 0 Å². The van der Waals surface area contributed by atoms with Gasteiger partial charge in [0.1, 0.15) is 5.75 Å². The highest BCUT2D eigenvalue weighted by Crippen LogP contribution is 2.31. The van der Waals surface area contributed by atoms with Gasteiger partial charge in [0.25, 0.3) is 0 Å². The summed E-state index contributed by atoms with van der Waals surface area (Å²) in [5, 5.41) is 3.07. The molecule has 8 heteroatoms. The Kier molecular flexibility index (Phi) is 5.70. The highest BCUT2D eigenvalue weighted by Gasteiger charge is 2.29. The standard InChI is InChI=1S/C15H20F3N3O2/c16-15(17,18)10-23-13-4-2-1-3-12(13)21-7-5-11(6-8-21)20-9-14(19)22/h1-4,11,20H,5-10H2,(H2,19,22). The fourth-order valence-electron chi connectivity index (χ4n) is 2.57. The molecule has 0 aromatic heterocycles. The van der Waals surface area contributed by atoms with Crippen molar-refractivity contribution in [3.05, 3.63) is 24.3 Å². The first kappa shape index (κ1) is 17.4. The Morgan fingerprint density at radius 2 is 1.96 bits per heavy atom.